The largest absolute Gasteiger partial charge is 0.378 e. The van der Waals surface area contributed by atoms with Gasteiger partial charge >= 0.3 is 0 Å². The van der Waals surface area contributed by atoms with Gasteiger partial charge in [0.25, 0.3) is 0 Å². The van der Waals surface area contributed by atoms with E-state index < -0.39 is 17.6 Å². The Morgan fingerprint density at radius 2 is 1.04 bits per heavy atom. The van der Waals surface area contributed by atoms with E-state index in [1.165, 1.54) is 83.6 Å². The van der Waals surface area contributed by atoms with Gasteiger partial charge in [0, 0.05) is 23.3 Å². The van der Waals surface area contributed by atoms with E-state index in [2.05, 4.69) is 74.7 Å². The lowest BCUT2D eigenvalue weighted by Crippen LogP contribution is -2.39. The summed E-state index contributed by atoms with van der Waals surface area (Å²) in [4.78, 5) is 10.4. The molecule has 4 unspecified atom stereocenters. The van der Waals surface area contributed by atoms with Gasteiger partial charge in [-0.25, -0.2) is 9.97 Å². The van der Waals surface area contributed by atoms with Gasteiger partial charge in [-0.2, -0.15) is 0 Å². The highest BCUT2D eigenvalue weighted by Gasteiger charge is 2.35. The topological polar surface area (TPSA) is 44.2 Å². The van der Waals surface area contributed by atoms with Crippen molar-refractivity contribution >= 4 is 92.1 Å². The number of thiazole rings is 2. The third kappa shape index (κ3) is 9.91. The molecule has 0 aliphatic heterocycles. The lowest BCUT2D eigenvalue weighted by atomic mass is 9.98. The second-order valence-electron chi connectivity index (χ2n) is 14.1. The number of hydrogen-bond acceptors (Lipinski definition) is 9. The summed E-state index contributed by atoms with van der Waals surface area (Å²) in [5, 5.41) is 2.54. The lowest BCUT2D eigenvalue weighted by Gasteiger charge is -2.34. The summed E-state index contributed by atoms with van der Waals surface area (Å²) in [6.45, 7) is 9.91. The fourth-order valence-corrected chi connectivity index (χ4v) is 18.1. The number of nitrogens with zero attached hydrogens (tertiary/aromatic N) is 2. The van der Waals surface area contributed by atoms with E-state index in [4.69, 9.17) is 19.4 Å². The van der Waals surface area contributed by atoms with Crippen LogP contribution in [0.5, 0.6) is 0 Å². The third-order valence-corrected chi connectivity index (χ3v) is 20.3. The Morgan fingerprint density at radius 1 is 0.638 bits per heavy atom. The van der Waals surface area contributed by atoms with Gasteiger partial charge < -0.3 is 9.47 Å². The Labute approximate surface area is 305 Å². The molecule has 2 fully saturated rings. The number of ether oxygens (including phenoxy) is 2. The first-order valence-corrected chi connectivity index (χ1v) is 29.3. The van der Waals surface area contributed by atoms with Crippen LogP contribution < -0.4 is 0 Å². The minimum Gasteiger partial charge on any atom is -0.378 e. The van der Waals surface area contributed by atoms with Crippen LogP contribution >= 0.6 is 54.1 Å². The zero-order chi connectivity index (χ0) is 32.6. The molecule has 4 atom stereocenters. The highest BCUT2D eigenvalue weighted by atomic mass is 33.5. The minimum absolute atomic E-state index is 0.312. The standard InChI is InChI=1S/C36H52N2O2S5Si2/c1-46(2)35(39-25-15-7-5-8-16-25)27(33-37-29-19-11-13-21-31(29)43-33)23-41-45-42-24-28(34-38-30-20-12-14-22-32(30)44-34)36(47(3)4)40-26-17-9-6-10-18-26/h11-14,19-22,25-28,35-36,46-47H,5-10,15-18,23-24H2,1-4H3. The zero-order valence-corrected chi connectivity index (χ0v) is 34.9. The first-order chi connectivity index (χ1) is 23.0. The summed E-state index contributed by atoms with van der Waals surface area (Å²) in [6, 6.07) is 17.3. The Hall–Kier alpha value is -0.376. The van der Waals surface area contributed by atoms with Gasteiger partial charge in [0.15, 0.2) is 0 Å². The Morgan fingerprint density at radius 3 is 1.43 bits per heavy atom. The predicted octanol–water partition coefficient (Wildman–Crippen LogP) is 11.3. The summed E-state index contributed by atoms with van der Waals surface area (Å²) in [7, 11) is 3.78. The van der Waals surface area contributed by atoms with Gasteiger partial charge in [-0.05, 0) is 59.8 Å². The number of benzene rings is 2. The summed E-state index contributed by atoms with van der Waals surface area (Å²) in [5.74, 6) is 2.74. The second kappa shape index (κ2) is 18.2. The van der Waals surface area contributed by atoms with E-state index >= 15 is 0 Å². The zero-order valence-electron chi connectivity index (χ0n) is 28.5. The average Bonchev–Trinajstić information content (AvgIpc) is 3.72. The smallest absolute Gasteiger partial charge is 0.100 e. The van der Waals surface area contributed by atoms with Crippen molar-refractivity contribution in [2.24, 2.45) is 0 Å². The van der Waals surface area contributed by atoms with Crippen molar-refractivity contribution in [2.75, 3.05) is 11.5 Å². The van der Waals surface area contributed by atoms with E-state index in [0.29, 0.717) is 35.5 Å². The number of hydrogen-bond donors (Lipinski definition) is 0. The molecule has 6 rings (SSSR count). The molecule has 256 valence electrons. The molecule has 2 aromatic heterocycles. The molecule has 0 saturated heterocycles. The summed E-state index contributed by atoms with van der Waals surface area (Å²) < 4.78 is 16.7. The molecule has 0 amide bonds. The molecule has 47 heavy (non-hydrogen) atoms. The van der Waals surface area contributed by atoms with E-state index in [1.54, 1.807) is 0 Å². The van der Waals surface area contributed by atoms with Gasteiger partial charge in [0.05, 0.1) is 61.7 Å². The molecule has 0 bridgehead atoms. The SMILES string of the molecule is C[SiH](C)C(OC1CCCCC1)C(CSSSCC(c1nc2ccccc2s1)C(OC1CCCCC1)[SiH](C)C)c1nc2ccccc2s1. The molecule has 0 spiro atoms. The molecular weight excluding hydrogens is 709 g/mol. The Balaban J connectivity index is 1.16. The number of rotatable bonds is 16. The van der Waals surface area contributed by atoms with Crippen LogP contribution in [0.2, 0.25) is 26.2 Å². The molecular formula is C36H52N2O2S5Si2. The van der Waals surface area contributed by atoms with Crippen molar-refractivity contribution in [2.45, 2.75) is 126 Å². The van der Waals surface area contributed by atoms with Crippen LogP contribution in [0.4, 0.5) is 0 Å². The van der Waals surface area contributed by atoms with E-state index in [-0.39, 0.29) is 0 Å². The van der Waals surface area contributed by atoms with Gasteiger partial charge in [0.1, 0.15) is 10.0 Å². The highest BCUT2D eigenvalue weighted by molar-refractivity contribution is 9.09. The van der Waals surface area contributed by atoms with Crippen molar-refractivity contribution in [1.29, 1.82) is 0 Å². The summed E-state index contributed by atoms with van der Waals surface area (Å²) >= 11 is 3.77. The average molecular weight is 761 g/mol. The highest BCUT2D eigenvalue weighted by Crippen LogP contribution is 2.45. The molecule has 0 N–H and O–H groups in total. The predicted molar refractivity (Wildman–Crippen MR) is 218 cm³/mol. The molecule has 2 aromatic carbocycles. The van der Waals surface area contributed by atoms with Crippen LogP contribution in [0, 0.1) is 0 Å². The maximum absolute atomic E-state index is 7.06. The molecule has 2 saturated carbocycles. The fourth-order valence-electron chi connectivity index (χ4n) is 7.23. The van der Waals surface area contributed by atoms with Crippen molar-refractivity contribution < 1.29 is 9.47 Å². The van der Waals surface area contributed by atoms with Crippen LogP contribution in [-0.4, -0.2) is 62.7 Å². The summed E-state index contributed by atoms with van der Waals surface area (Å²) in [6.07, 6.45) is 13.7. The molecule has 4 nitrogen and oxygen atoms in total. The van der Waals surface area contributed by atoms with Crippen LogP contribution in [0.25, 0.3) is 20.4 Å². The van der Waals surface area contributed by atoms with Gasteiger partial charge in [-0.15, -0.1) is 22.7 Å². The molecule has 4 aromatic rings. The number of para-hydroxylation sites is 2. The van der Waals surface area contributed by atoms with Crippen molar-refractivity contribution in [1.82, 2.24) is 9.97 Å². The second-order valence-corrected chi connectivity index (χ2v) is 26.8. The first-order valence-electron chi connectivity index (χ1n) is 17.9. The number of fused-ring (bicyclic) bond motifs is 2. The molecule has 2 aliphatic rings. The lowest BCUT2D eigenvalue weighted by molar-refractivity contribution is -0.00320. The Bertz CT molecular complexity index is 1340. The van der Waals surface area contributed by atoms with Gasteiger partial charge in [0.2, 0.25) is 0 Å². The fraction of sp³-hybridized carbons (Fsp3) is 0.611. The summed E-state index contributed by atoms with van der Waals surface area (Å²) in [5.41, 5.74) is 2.89. The van der Waals surface area contributed by atoms with E-state index in [1.807, 2.05) is 54.1 Å². The Kier molecular flexibility index (Phi) is 14.1. The van der Waals surface area contributed by atoms with Crippen LogP contribution in [-0.2, 0) is 9.47 Å². The van der Waals surface area contributed by atoms with E-state index in [0.717, 1.165) is 22.5 Å². The third-order valence-electron chi connectivity index (χ3n) is 9.76. The first kappa shape index (κ1) is 36.4. The van der Waals surface area contributed by atoms with Crippen molar-refractivity contribution in [3.8, 4) is 0 Å². The number of aromatic nitrogens is 2. The quantitative estimate of drug-likeness (QED) is 0.0640. The molecule has 2 heterocycles. The van der Waals surface area contributed by atoms with Crippen molar-refractivity contribution in [3.63, 3.8) is 0 Å². The van der Waals surface area contributed by atoms with Crippen LogP contribution in [0.1, 0.15) is 86.1 Å². The van der Waals surface area contributed by atoms with Gasteiger partial charge in [-0.1, -0.05) is 111 Å². The maximum Gasteiger partial charge on any atom is 0.100 e. The molecule has 0 radical (unpaired) electrons. The molecule has 2 aliphatic carbocycles. The normalized spacial score (nSPS) is 19.5. The minimum atomic E-state index is -1.11. The molecule has 11 heteroatoms. The van der Waals surface area contributed by atoms with E-state index in [9.17, 15) is 0 Å². The van der Waals surface area contributed by atoms with Crippen molar-refractivity contribution in [3.05, 3.63) is 58.5 Å². The maximum atomic E-state index is 7.06. The monoisotopic (exact) mass is 760 g/mol. The van der Waals surface area contributed by atoms with Crippen LogP contribution in [0.3, 0.4) is 0 Å². The van der Waals surface area contributed by atoms with Gasteiger partial charge in [-0.3, -0.25) is 0 Å². The van der Waals surface area contributed by atoms with Crippen LogP contribution in [0.15, 0.2) is 48.5 Å².